The van der Waals surface area contributed by atoms with Gasteiger partial charge in [0, 0.05) is 18.5 Å². The normalized spacial score (nSPS) is 10.8. The van der Waals surface area contributed by atoms with E-state index in [2.05, 4.69) is 11.6 Å². The average molecular weight is 286 g/mol. The van der Waals surface area contributed by atoms with Gasteiger partial charge in [-0.2, -0.15) is 0 Å². The lowest BCUT2D eigenvalue weighted by Crippen LogP contribution is -2.29. The predicted octanol–water partition coefficient (Wildman–Crippen LogP) is 2.32. The summed E-state index contributed by atoms with van der Waals surface area (Å²) in [6.07, 6.45) is 1.69. The van der Waals surface area contributed by atoms with Crippen LogP contribution < -0.4 is 4.74 Å². The standard InChI is InChI=1S/C16H18N2O3/c1-3-9-18(11-15(19)20)10-13-8-7-12-5-4-6-14(21-2)16(12)17-13/h3-8H,1,9-11H2,2H3,(H,19,20). The van der Waals surface area contributed by atoms with E-state index in [1.807, 2.05) is 30.3 Å². The van der Waals surface area contributed by atoms with E-state index in [4.69, 9.17) is 9.84 Å². The molecule has 5 nitrogen and oxygen atoms in total. The van der Waals surface area contributed by atoms with Crippen LogP contribution in [0.5, 0.6) is 5.75 Å². The highest BCUT2D eigenvalue weighted by Gasteiger charge is 2.11. The molecule has 2 aromatic rings. The Labute approximate surface area is 123 Å². The van der Waals surface area contributed by atoms with Gasteiger partial charge in [-0.15, -0.1) is 6.58 Å². The van der Waals surface area contributed by atoms with E-state index in [9.17, 15) is 4.79 Å². The Morgan fingerprint density at radius 2 is 2.24 bits per heavy atom. The first-order valence-corrected chi connectivity index (χ1v) is 6.61. The number of para-hydroxylation sites is 1. The van der Waals surface area contributed by atoms with Crippen molar-refractivity contribution in [1.82, 2.24) is 9.88 Å². The van der Waals surface area contributed by atoms with Crippen LogP contribution in [0.4, 0.5) is 0 Å². The largest absolute Gasteiger partial charge is 0.494 e. The maximum absolute atomic E-state index is 10.9. The van der Waals surface area contributed by atoms with Gasteiger partial charge in [-0.3, -0.25) is 9.69 Å². The van der Waals surface area contributed by atoms with Gasteiger partial charge in [0.1, 0.15) is 11.3 Å². The number of nitrogens with zero attached hydrogens (tertiary/aromatic N) is 2. The molecule has 5 heteroatoms. The smallest absolute Gasteiger partial charge is 0.317 e. The number of carboxylic acids is 1. The minimum atomic E-state index is -0.866. The second-order valence-electron chi connectivity index (χ2n) is 4.69. The molecule has 2 rings (SSSR count). The minimum absolute atomic E-state index is 0.0440. The topological polar surface area (TPSA) is 62.7 Å². The van der Waals surface area contributed by atoms with Crippen LogP contribution in [0.3, 0.4) is 0 Å². The molecule has 0 saturated carbocycles. The third-order valence-electron chi connectivity index (χ3n) is 3.09. The fraction of sp³-hybridized carbons (Fsp3) is 0.250. The Kier molecular flexibility index (Phi) is 4.90. The van der Waals surface area contributed by atoms with Crippen molar-refractivity contribution in [2.75, 3.05) is 20.2 Å². The summed E-state index contributed by atoms with van der Waals surface area (Å²) in [6.45, 7) is 4.56. The number of methoxy groups -OCH3 is 1. The summed E-state index contributed by atoms with van der Waals surface area (Å²) < 4.78 is 5.31. The second-order valence-corrected chi connectivity index (χ2v) is 4.69. The van der Waals surface area contributed by atoms with Crippen molar-refractivity contribution >= 4 is 16.9 Å². The van der Waals surface area contributed by atoms with Crippen molar-refractivity contribution in [2.45, 2.75) is 6.54 Å². The Morgan fingerprint density at radius 3 is 2.90 bits per heavy atom. The van der Waals surface area contributed by atoms with E-state index < -0.39 is 5.97 Å². The van der Waals surface area contributed by atoms with Gasteiger partial charge in [-0.05, 0) is 12.1 Å². The molecule has 0 atom stereocenters. The van der Waals surface area contributed by atoms with E-state index >= 15 is 0 Å². The Balaban J connectivity index is 2.28. The molecule has 0 bridgehead atoms. The quantitative estimate of drug-likeness (QED) is 0.791. The molecule has 0 spiro atoms. The summed E-state index contributed by atoms with van der Waals surface area (Å²) in [5, 5.41) is 9.92. The van der Waals surface area contributed by atoms with E-state index in [0.29, 0.717) is 18.8 Å². The van der Waals surface area contributed by atoms with Crippen LogP contribution in [0.15, 0.2) is 43.0 Å². The summed E-state index contributed by atoms with van der Waals surface area (Å²) in [5.74, 6) is -0.155. The first-order valence-electron chi connectivity index (χ1n) is 6.61. The highest BCUT2D eigenvalue weighted by Crippen LogP contribution is 2.23. The number of rotatable bonds is 7. The van der Waals surface area contributed by atoms with Gasteiger partial charge < -0.3 is 9.84 Å². The number of pyridine rings is 1. The molecule has 1 heterocycles. The number of fused-ring (bicyclic) bond motifs is 1. The van der Waals surface area contributed by atoms with Crippen LogP contribution in [0.2, 0.25) is 0 Å². The third kappa shape index (κ3) is 3.79. The molecule has 0 saturated heterocycles. The van der Waals surface area contributed by atoms with Crippen molar-refractivity contribution < 1.29 is 14.6 Å². The van der Waals surface area contributed by atoms with Crippen molar-refractivity contribution in [3.8, 4) is 5.75 Å². The van der Waals surface area contributed by atoms with E-state index in [-0.39, 0.29) is 6.54 Å². The summed E-state index contributed by atoms with van der Waals surface area (Å²) in [4.78, 5) is 17.2. The van der Waals surface area contributed by atoms with Gasteiger partial charge in [-0.25, -0.2) is 4.98 Å². The Hall–Kier alpha value is -2.40. The molecule has 21 heavy (non-hydrogen) atoms. The molecular formula is C16H18N2O3. The number of ether oxygens (including phenoxy) is 1. The van der Waals surface area contributed by atoms with Crippen molar-refractivity contribution in [2.24, 2.45) is 0 Å². The lowest BCUT2D eigenvalue weighted by Gasteiger charge is -2.18. The van der Waals surface area contributed by atoms with Crippen LogP contribution in [0.25, 0.3) is 10.9 Å². The molecule has 0 unspecified atom stereocenters. The molecule has 0 aliphatic rings. The fourth-order valence-corrected chi connectivity index (χ4v) is 2.20. The zero-order valence-corrected chi connectivity index (χ0v) is 12.0. The van der Waals surface area contributed by atoms with Crippen LogP contribution in [-0.4, -0.2) is 41.2 Å². The van der Waals surface area contributed by atoms with Gasteiger partial charge in [-0.1, -0.05) is 24.3 Å². The molecule has 0 fully saturated rings. The lowest BCUT2D eigenvalue weighted by atomic mass is 10.2. The SMILES string of the molecule is C=CCN(CC(=O)O)Cc1ccc2cccc(OC)c2n1. The second kappa shape index (κ2) is 6.85. The van der Waals surface area contributed by atoms with Crippen molar-refractivity contribution in [3.63, 3.8) is 0 Å². The number of aromatic nitrogens is 1. The Morgan fingerprint density at radius 1 is 1.43 bits per heavy atom. The van der Waals surface area contributed by atoms with E-state index in [1.165, 1.54) is 0 Å². The third-order valence-corrected chi connectivity index (χ3v) is 3.09. The lowest BCUT2D eigenvalue weighted by molar-refractivity contribution is -0.138. The highest BCUT2D eigenvalue weighted by molar-refractivity contribution is 5.84. The molecule has 0 radical (unpaired) electrons. The van der Waals surface area contributed by atoms with Crippen LogP contribution in [-0.2, 0) is 11.3 Å². The molecule has 1 N–H and O–H groups in total. The molecule has 0 aliphatic carbocycles. The number of benzene rings is 1. The fourth-order valence-electron chi connectivity index (χ4n) is 2.20. The predicted molar refractivity (Wildman–Crippen MR) is 81.4 cm³/mol. The molecular weight excluding hydrogens is 268 g/mol. The molecule has 110 valence electrons. The van der Waals surface area contributed by atoms with Gasteiger partial charge in [0.25, 0.3) is 0 Å². The summed E-state index contributed by atoms with van der Waals surface area (Å²) in [5.41, 5.74) is 1.58. The van der Waals surface area contributed by atoms with Crippen LogP contribution in [0, 0.1) is 0 Å². The number of carboxylic acid groups (broad SMARTS) is 1. The van der Waals surface area contributed by atoms with E-state index in [1.54, 1.807) is 18.1 Å². The maximum atomic E-state index is 10.9. The Bertz CT molecular complexity index is 655. The van der Waals surface area contributed by atoms with E-state index in [0.717, 1.165) is 16.6 Å². The van der Waals surface area contributed by atoms with Gasteiger partial charge in [0.2, 0.25) is 0 Å². The average Bonchev–Trinajstić information content (AvgIpc) is 2.46. The first kappa shape index (κ1) is 15.0. The summed E-state index contributed by atoms with van der Waals surface area (Å²) in [7, 11) is 1.61. The minimum Gasteiger partial charge on any atom is -0.494 e. The summed E-state index contributed by atoms with van der Waals surface area (Å²) >= 11 is 0. The highest BCUT2D eigenvalue weighted by atomic mass is 16.5. The van der Waals surface area contributed by atoms with Crippen LogP contribution >= 0.6 is 0 Å². The number of hydrogen-bond acceptors (Lipinski definition) is 4. The number of carbonyl (C=O) groups is 1. The van der Waals surface area contributed by atoms with Crippen molar-refractivity contribution in [1.29, 1.82) is 0 Å². The van der Waals surface area contributed by atoms with Gasteiger partial charge >= 0.3 is 5.97 Å². The monoisotopic (exact) mass is 286 g/mol. The molecule has 0 aliphatic heterocycles. The molecule has 0 amide bonds. The van der Waals surface area contributed by atoms with Gasteiger partial charge in [0.15, 0.2) is 0 Å². The van der Waals surface area contributed by atoms with Gasteiger partial charge in [0.05, 0.1) is 19.3 Å². The van der Waals surface area contributed by atoms with Crippen molar-refractivity contribution in [3.05, 3.63) is 48.7 Å². The van der Waals surface area contributed by atoms with Crippen LogP contribution in [0.1, 0.15) is 5.69 Å². The zero-order valence-electron chi connectivity index (χ0n) is 12.0. The first-order chi connectivity index (χ1) is 10.1. The molecule has 1 aromatic heterocycles. The molecule has 1 aromatic carbocycles. The zero-order chi connectivity index (χ0) is 15.2. The number of hydrogen-bond donors (Lipinski definition) is 1. The maximum Gasteiger partial charge on any atom is 0.317 e. The summed E-state index contributed by atoms with van der Waals surface area (Å²) in [6, 6.07) is 9.61. The number of aliphatic carboxylic acids is 1.